The number of nitrogens with zero attached hydrogens (tertiary/aromatic N) is 5. The molecule has 2 aliphatic heterocycles. The first-order valence-corrected chi connectivity index (χ1v) is 16.5. The van der Waals surface area contributed by atoms with E-state index in [4.69, 9.17) is 9.26 Å². The van der Waals surface area contributed by atoms with Crippen LogP contribution in [0.25, 0.3) is 0 Å². The topological polar surface area (TPSA) is 167 Å². The third-order valence-electron chi connectivity index (χ3n) is 8.61. The molecule has 260 valence electrons. The highest BCUT2D eigenvalue weighted by Crippen LogP contribution is 2.19. The lowest BCUT2D eigenvalue weighted by molar-refractivity contribution is -0.153. The summed E-state index contributed by atoms with van der Waals surface area (Å²) in [5.41, 5.74) is 2.88. The summed E-state index contributed by atoms with van der Waals surface area (Å²) < 4.78 is 10.7. The zero-order valence-corrected chi connectivity index (χ0v) is 28.1. The molecule has 2 atom stereocenters. The monoisotopic (exact) mass is 673 g/mol. The van der Waals surface area contributed by atoms with Gasteiger partial charge in [0.1, 0.15) is 12.6 Å². The van der Waals surface area contributed by atoms with Crippen LogP contribution in [0.2, 0.25) is 0 Å². The first-order chi connectivity index (χ1) is 23.6. The zero-order valence-electron chi connectivity index (χ0n) is 28.1. The van der Waals surface area contributed by atoms with E-state index < -0.39 is 48.8 Å². The Bertz CT molecular complexity index is 1640. The number of ether oxygens (including phenoxy) is 1. The minimum absolute atomic E-state index is 0.161. The van der Waals surface area contributed by atoms with E-state index in [0.29, 0.717) is 32.7 Å². The molecule has 2 unspecified atom stereocenters. The van der Waals surface area contributed by atoms with Gasteiger partial charge in [0.2, 0.25) is 29.3 Å². The smallest absolute Gasteiger partial charge is 0.325 e. The molecule has 14 heteroatoms. The van der Waals surface area contributed by atoms with Gasteiger partial charge in [-0.1, -0.05) is 79.2 Å². The Balaban J connectivity index is 1.19. The molecule has 0 radical (unpaired) electrons. The molecule has 0 aliphatic carbocycles. The Morgan fingerprint density at radius 3 is 2.43 bits per heavy atom. The number of aryl methyl sites for hydroxylation is 1. The van der Waals surface area contributed by atoms with Gasteiger partial charge in [-0.3, -0.25) is 29.0 Å². The van der Waals surface area contributed by atoms with Crippen LogP contribution >= 0.6 is 0 Å². The lowest BCUT2D eigenvalue weighted by Crippen LogP contribution is -2.64. The van der Waals surface area contributed by atoms with Gasteiger partial charge in [-0.15, -0.1) is 0 Å². The van der Waals surface area contributed by atoms with Crippen LogP contribution in [0.4, 0.5) is 4.79 Å². The van der Waals surface area contributed by atoms with Gasteiger partial charge in [-0.2, -0.15) is 4.98 Å². The number of hydrogen-bond donors (Lipinski definition) is 2. The van der Waals surface area contributed by atoms with Crippen LogP contribution in [0.15, 0.2) is 59.1 Å². The molecule has 5 amide bonds. The fourth-order valence-corrected chi connectivity index (χ4v) is 5.93. The molecule has 0 bridgehead atoms. The van der Waals surface area contributed by atoms with Crippen molar-refractivity contribution in [1.29, 1.82) is 0 Å². The van der Waals surface area contributed by atoms with E-state index in [9.17, 15) is 24.0 Å². The summed E-state index contributed by atoms with van der Waals surface area (Å²) in [4.78, 5) is 75.4. The van der Waals surface area contributed by atoms with Gasteiger partial charge in [0.05, 0.1) is 32.2 Å². The average Bonchev–Trinajstić information content (AvgIpc) is 3.56. The molecule has 3 heterocycles. The first kappa shape index (κ1) is 35.4. The Hall–Kier alpha value is -4.95. The Morgan fingerprint density at radius 1 is 0.980 bits per heavy atom. The van der Waals surface area contributed by atoms with E-state index >= 15 is 0 Å². The molecule has 1 aromatic heterocycles. The van der Waals surface area contributed by atoms with Crippen LogP contribution in [-0.2, 0) is 32.0 Å². The number of piperazine rings is 1. The number of urea groups is 1. The Kier molecular flexibility index (Phi) is 11.9. The third kappa shape index (κ3) is 9.36. The van der Waals surface area contributed by atoms with E-state index in [1.165, 1.54) is 0 Å². The fraction of sp³-hybridized carbons (Fsp3) is 0.457. The number of amides is 5. The third-order valence-corrected chi connectivity index (χ3v) is 8.61. The van der Waals surface area contributed by atoms with Gasteiger partial charge < -0.3 is 24.8 Å². The van der Waals surface area contributed by atoms with Gasteiger partial charge in [-0.25, -0.2) is 4.79 Å². The van der Waals surface area contributed by atoms with Crippen molar-refractivity contribution in [2.45, 2.75) is 45.7 Å². The molecule has 49 heavy (non-hydrogen) atoms. The fourth-order valence-electron chi connectivity index (χ4n) is 5.93. The van der Waals surface area contributed by atoms with Gasteiger partial charge >= 0.3 is 6.03 Å². The van der Waals surface area contributed by atoms with Crippen LogP contribution in [0, 0.1) is 12.8 Å². The van der Waals surface area contributed by atoms with E-state index in [0.717, 1.165) is 34.7 Å². The van der Waals surface area contributed by atoms with E-state index in [-0.39, 0.29) is 30.0 Å². The second-order valence-electron chi connectivity index (χ2n) is 12.7. The lowest BCUT2D eigenvalue weighted by atomic mass is 9.99. The number of morpholine rings is 1. The maximum atomic E-state index is 13.7. The van der Waals surface area contributed by atoms with Gasteiger partial charge in [-0.05, 0) is 24.0 Å². The molecule has 0 saturated carbocycles. The number of Topliss-reactive ketones (excluding diaryl/α,β-unsaturated/α-hetero) is 1. The summed E-state index contributed by atoms with van der Waals surface area (Å²) in [6, 6.07) is 14.3. The van der Waals surface area contributed by atoms with Crippen molar-refractivity contribution in [2.75, 3.05) is 52.5 Å². The molecule has 2 saturated heterocycles. The van der Waals surface area contributed by atoms with Crippen molar-refractivity contribution in [3.63, 3.8) is 0 Å². The molecule has 2 aliphatic rings. The maximum Gasteiger partial charge on any atom is 0.325 e. The van der Waals surface area contributed by atoms with E-state index in [1.807, 2.05) is 61.5 Å². The number of carbonyl (C=O) groups excluding carboxylic acids is 5. The lowest BCUT2D eigenvalue weighted by Gasteiger charge is -2.40. The second-order valence-corrected chi connectivity index (χ2v) is 12.7. The number of hydrogen-bond acceptors (Lipinski definition) is 10. The van der Waals surface area contributed by atoms with Crippen molar-refractivity contribution in [2.24, 2.45) is 5.92 Å². The van der Waals surface area contributed by atoms with Crippen LogP contribution in [-0.4, -0.2) is 119 Å². The number of carbonyl (C=O) groups is 5. The van der Waals surface area contributed by atoms with Crippen molar-refractivity contribution in [3.8, 4) is 0 Å². The van der Waals surface area contributed by atoms with Crippen molar-refractivity contribution < 1.29 is 33.2 Å². The molecule has 14 nitrogen and oxygen atoms in total. The number of ketones is 1. The van der Waals surface area contributed by atoms with Crippen molar-refractivity contribution >= 4 is 29.5 Å². The molecule has 0 spiro atoms. The predicted molar refractivity (Wildman–Crippen MR) is 177 cm³/mol. The van der Waals surface area contributed by atoms with Gasteiger partial charge in [0.25, 0.3) is 5.91 Å². The molecule has 2 aromatic carbocycles. The molecule has 2 fully saturated rings. The summed E-state index contributed by atoms with van der Waals surface area (Å²) in [5.74, 6) is -2.32. The second kappa shape index (κ2) is 16.4. The molecular formula is C35H43N7O7. The number of nitrogens with one attached hydrogen (secondary N) is 2. The summed E-state index contributed by atoms with van der Waals surface area (Å²) in [6.07, 6.45) is 0.585. The minimum Gasteiger partial charge on any atom is -0.379 e. The van der Waals surface area contributed by atoms with Gasteiger partial charge in [0, 0.05) is 32.6 Å². The average molecular weight is 674 g/mol. The van der Waals surface area contributed by atoms with Crippen molar-refractivity contribution in [3.05, 3.63) is 83.0 Å². The highest BCUT2D eigenvalue weighted by Gasteiger charge is 2.42. The SMILES string of the molecule is Cc1cccc(Cc2nc(C(=O)C(NC(=O)CNC(=O)N3CC(=O)N(CCN4CCOCC4)C(Cc4ccccc4)C3=O)C(C)C)no2)c1. The van der Waals surface area contributed by atoms with Crippen LogP contribution in [0.5, 0.6) is 0 Å². The summed E-state index contributed by atoms with van der Waals surface area (Å²) in [7, 11) is 0. The Labute approximate surface area is 285 Å². The molecular weight excluding hydrogens is 630 g/mol. The van der Waals surface area contributed by atoms with Gasteiger partial charge in [0.15, 0.2) is 0 Å². The first-order valence-electron chi connectivity index (χ1n) is 16.5. The number of imide groups is 1. The standard InChI is InChI=1S/C35H43N7O7/c1-23(2)31(32(45)33-38-29(49-39-33)20-26-11-7-8-24(3)18-26)37-28(43)21-36-35(47)42-22-30(44)41(13-12-40-14-16-48-17-15-40)27(34(42)46)19-25-9-5-4-6-10-25/h4-11,18,23,27,31H,12-17,19-22H2,1-3H3,(H,36,47)(H,37,43). The van der Waals surface area contributed by atoms with E-state index in [1.54, 1.807) is 18.7 Å². The van der Waals surface area contributed by atoms with Crippen LogP contribution in [0.3, 0.4) is 0 Å². The Morgan fingerprint density at radius 2 is 1.71 bits per heavy atom. The van der Waals surface area contributed by atoms with E-state index in [2.05, 4.69) is 25.7 Å². The predicted octanol–water partition coefficient (Wildman–Crippen LogP) is 1.62. The van der Waals surface area contributed by atoms with Crippen LogP contribution < -0.4 is 10.6 Å². The highest BCUT2D eigenvalue weighted by molar-refractivity contribution is 6.05. The number of rotatable bonds is 13. The quantitative estimate of drug-likeness (QED) is 0.255. The summed E-state index contributed by atoms with van der Waals surface area (Å²) in [6.45, 7) is 8.12. The molecule has 5 rings (SSSR count). The normalized spacial score (nSPS) is 17.7. The zero-order chi connectivity index (χ0) is 34.9. The summed E-state index contributed by atoms with van der Waals surface area (Å²) >= 11 is 0. The molecule has 3 aromatic rings. The minimum atomic E-state index is -0.998. The number of aromatic nitrogens is 2. The highest BCUT2D eigenvalue weighted by atomic mass is 16.5. The molecule has 2 N–H and O–H groups in total. The number of benzene rings is 2. The summed E-state index contributed by atoms with van der Waals surface area (Å²) in [5, 5.41) is 8.92. The van der Waals surface area contributed by atoms with Crippen LogP contribution in [0.1, 0.15) is 47.0 Å². The largest absolute Gasteiger partial charge is 0.379 e. The maximum absolute atomic E-state index is 13.7. The van der Waals surface area contributed by atoms with Crippen molar-refractivity contribution in [1.82, 2.24) is 35.5 Å².